The van der Waals surface area contributed by atoms with Crippen molar-refractivity contribution in [3.63, 3.8) is 0 Å². The lowest BCUT2D eigenvalue weighted by molar-refractivity contribution is -0.117. The van der Waals surface area contributed by atoms with E-state index in [-0.39, 0.29) is 12.5 Å². The molecule has 0 radical (unpaired) electrons. The first-order valence-corrected chi connectivity index (χ1v) is 11.7. The van der Waals surface area contributed by atoms with Gasteiger partial charge in [0.25, 0.3) is 0 Å². The Morgan fingerprint density at radius 1 is 1.03 bits per heavy atom. The van der Waals surface area contributed by atoms with E-state index < -0.39 is 10.0 Å². The van der Waals surface area contributed by atoms with E-state index in [2.05, 4.69) is 5.32 Å². The van der Waals surface area contributed by atoms with Crippen LogP contribution in [0, 0.1) is 0 Å². The van der Waals surface area contributed by atoms with Gasteiger partial charge in [0, 0.05) is 26.2 Å². The quantitative estimate of drug-likeness (QED) is 0.761. The standard InChI is InChI=1S/C22H27N3O4S/c1-29-21-8-3-2-7-20(21)23-22(26)16-24-11-13-25(14-12-24)30(27,28)19-10-9-17-5-4-6-18(17)15-19/h2-3,7-10,15H,4-6,11-14,16H2,1H3,(H,23,26). The number of methoxy groups -OCH3 is 1. The molecule has 0 aromatic heterocycles. The lowest BCUT2D eigenvalue weighted by Crippen LogP contribution is -2.50. The average Bonchev–Trinajstić information content (AvgIpc) is 3.22. The number of nitrogens with one attached hydrogen (secondary N) is 1. The number of amides is 1. The maximum atomic E-state index is 13.0. The smallest absolute Gasteiger partial charge is 0.243 e. The van der Waals surface area contributed by atoms with Crippen LogP contribution in [0.25, 0.3) is 0 Å². The highest BCUT2D eigenvalue weighted by molar-refractivity contribution is 7.89. The summed E-state index contributed by atoms with van der Waals surface area (Å²) in [5, 5.41) is 2.86. The molecular formula is C22H27N3O4S. The number of anilines is 1. The maximum Gasteiger partial charge on any atom is 0.243 e. The SMILES string of the molecule is COc1ccccc1NC(=O)CN1CCN(S(=O)(=O)c2ccc3c(c2)CCC3)CC1. The molecule has 8 heteroatoms. The Hall–Kier alpha value is -2.42. The molecule has 1 amide bonds. The molecule has 0 atom stereocenters. The van der Waals surface area contributed by atoms with Gasteiger partial charge in [0.1, 0.15) is 5.75 Å². The van der Waals surface area contributed by atoms with Gasteiger partial charge in [0.15, 0.2) is 0 Å². The highest BCUT2D eigenvalue weighted by atomic mass is 32.2. The minimum absolute atomic E-state index is 0.144. The van der Waals surface area contributed by atoms with Crippen LogP contribution < -0.4 is 10.1 Å². The highest BCUT2D eigenvalue weighted by Gasteiger charge is 2.30. The van der Waals surface area contributed by atoms with Gasteiger partial charge in [0.2, 0.25) is 15.9 Å². The number of carbonyl (C=O) groups excluding carboxylic acids is 1. The average molecular weight is 430 g/mol. The van der Waals surface area contributed by atoms with Crippen molar-refractivity contribution < 1.29 is 17.9 Å². The van der Waals surface area contributed by atoms with Crippen molar-refractivity contribution in [3.8, 4) is 5.75 Å². The first-order chi connectivity index (χ1) is 14.5. The van der Waals surface area contributed by atoms with E-state index in [1.165, 1.54) is 9.87 Å². The largest absolute Gasteiger partial charge is 0.495 e. The summed E-state index contributed by atoms with van der Waals surface area (Å²) in [5.74, 6) is 0.463. The summed E-state index contributed by atoms with van der Waals surface area (Å²) in [6, 6.07) is 12.8. The van der Waals surface area contributed by atoms with Gasteiger partial charge in [-0.1, -0.05) is 18.2 Å². The van der Waals surface area contributed by atoms with Crippen LogP contribution >= 0.6 is 0 Å². The van der Waals surface area contributed by atoms with E-state index in [9.17, 15) is 13.2 Å². The number of ether oxygens (including phenoxy) is 1. The van der Waals surface area contributed by atoms with E-state index >= 15 is 0 Å². The molecule has 0 spiro atoms. The van der Waals surface area contributed by atoms with Gasteiger partial charge < -0.3 is 10.1 Å². The lowest BCUT2D eigenvalue weighted by Gasteiger charge is -2.33. The first kappa shape index (κ1) is 20.8. The number of carbonyl (C=O) groups is 1. The van der Waals surface area contributed by atoms with Crippen LogP contribution in [0.15, 0.2) is 47.4 Å². The molecule has 2 aromatic rings. The number of para-hydroxylation sites is 2. The van der Waals surface area contributed by atoms with Crippen LogP contribution in [-0.2, 0) is 27.7 Å². The molecule has 1 heterocycles. The van der Waals surface area contributed by atoms with Gasteiger partial charge in [-0.2, -0.15) is 4.31 Å². The van der Waals surface area contributed by atoms with Crippen molar-refractivity contribution in [3.05, 3.63) is 53.6 Å². The van der Waals surface area contributed by atoms with Gasteiger partial charge in [-0.25, -0.2) is 8.42 Å². The normalized spacial score (nSPS) is 17.5. The van der Waals surface area contributed by atoms with Crippen LogP contribution in [0.2, 0.25) is 0 Å². The lowest BCUT2D eigenvalue weighted by atomic mass is 10.1. The second kappa shape index (κ2) is 8.75. The molecule has 1 saturated heterocycles. The second-order valence-corrected chi connectivity index (χ2v) is 9.65. The zero-order valence-corrected chi connectivity index (χ0v) is 18.0. The van der Waals surface area contributed by atoms with Crippen molar-refractivity contribution >= 4 is 21.6 Å². The van der Waals surface area contributed by atoms with Crippen molar-refractivity contribution in [2.24, 2.45) is 0 Å². The van der Waals surface area contributed by atoms with Crippen LogP contribution in [0.5, 0.6) is 5.75 Å². The third kappa shape index (κ3) is 4.35. The van der Waals surface area contributed by atoms with Crippen molar-refractivity contribution in [2.75, 3.05) is 45.2 Å². The van der Waals surface area contributed by atoms with E-state index in [0.29, 0.717) is 42.5 Å². The molecule has 1 aliphatic heterocycles. The number of hydrogen-bond donors (Lipinski definition) is 1. The van der Waals surface area contributed by atoms with Crippen molar-refractivity contribution in [1.82, 2.24) is 9.21 Å². The Labute approximate surface area is 177 Å². The minimum atomic E-state index is -3.50. The molecule has 0 bridgehead atoms. The van der Waals surface area contributed by atoms with E-state index in [1.807, 2.05) is 29.2 Å². The van der Waals surface area contributed by atoms with E-state index in [0.717, 1.165) is 24.8 Å². The third-order valence-electron chi connectivity index (χ3n) is 5.79. The first-order valence-electron chi connectivity index (χ1n) is 10.2. The molecule has 30 heavy (non-hydrogen) atoms. The molecular weight excluding hydrogens is 402 g/mol. The second-order valence-electron chi connectivity index (χ2n) is 7.71. The highest BCUT2D eigenvalue weighted by Crippen LogP contribution is 2.27. The van der Waals surface area contributed by atoms with Gasteiger partial charge in [0.05, 0.1) is 24.2 Å². The number of fused-ring (bicyclic) bond motifs is 1. The number of benzene rings is 2. The number of piperazine rings is 1. The summed E-state index contributed by atoms with van der Waals surface area (Å²) in [4.78, 5) is 14.8. The fraction of sp³-hybridized carbons (Fsp3) is 0.409. The molecule has 7 nitrogen and oxygen atoms in total. The summed E-state index contributed by atoms with van der Waals surface area (Å²) < 4.78 is 32.9. The topological polar surface area (TPSA) is 79.0 Å². The van der Waals surface area contributed by atoms with Gasteiger partial charge in [-0.3, -0.25) is 9.69 Å². The molecule has 160 valence electrons. The summed E-state index contributed by atoms with van der Waals surface area (Å²) in [6.45, 7) is 2.00. The van der Waals surface area contributed by atoms with Gasteiger partial charge >= 0.3 is 0 Å². The van der Waals surface area contributed by atoms with Crippen LogP contribution in [0.3, 0.4) is 0 Å². The summed E-state index contributed by atoms with van der Waals surface area (Å²) in [6.07, 6.45) is 3.08. The maximum absolute atomic E-state index is 13.0. The zero-order valence-electron chi connectivity index (χ0n) is 17.1. The number of sulfonamides is 1. The third-order valence-corrected chi connectivity index (χ3v) is 7.68. The van der Waals surface area contributed by atoms with E-state index in [4.69, 9.17) is 4.74 Å². The van der Waals surface area contributed by atoms with E-state index in [1.54, 1.807) is 25.3 Å². The Bertz CT molecular complexity index is 1030. The number of hydrogen-bond acceptors (Lipinski definition) is 5. The molecule has 2 aromatic carbocycles. The Morgan fingerprint density at radius 3 is 2.53 bits per heavy atom. The summed E-state index contributed by atoms with van der Waals surface area (Å²) in [5.41, 5.74) is 3.05. The fourth-order valence-electron chi connectivity index (χ4n) is 4.13. The fourth-order valence-corrected chi connectivity index (χ4v) is 5.60. The van der Waals surface area contributed by atoms with Crippen molar-refractivity contribution in [1.29, 1.82) is 0 Å². The Morgan fingerprint density at radius 2 is 1.77 bits per heavy atom. The van der Waals surface area contributed by atoms with Crippen molar-refractivity contribution in [2.45, 2.75) is 24.2 Å². The monoisotopic (exact) mass is 429 g/mol. The molecule has 4 rings (SSSR count). The Kier molecular flexibility index (Phi) is 6.08. The Balaban J connectivity index is 1.34. The number of aryl methyl sites for hydroxylation is 2. The molecule has 0 saturated carbocycles. The van der Waals surface area contributed by atoms with Crippen LogP contribution in [0.4, 0.5) is 5.69 Å². The molecule has 1 fully saturated rings. The summed E-state index contributed by atoms with van der Waals surface area (Å²) >= 11 is 0. The zero-order chi connectivity index (χ0) is 21.1. The predicted molar refractivity (Wildman–Crippen MR) is 115 cm³/mol. The van der Waals surface area contributed by atoms with Gasteiger partial charge in [-0.15, -0.1) is 0 Å². The van der Waals surface area contributed by atoms with Gasteiger partial charge in [-0.05, 0) is 54.7 Å². The molecule has 1 aliphatic carbocycles. The number of nitrogens with zero attached hydrogens (tertiary/aromatic N) is 2. The predicted octanol–water partition coefficient (Wildman–Crippen LogP) is 2.13. The van der Waals surface area contributed by atoms with Crippen LogP contribution in [-0.4, -0.2) is 63.4 Å². The molecule has 1 N–H and O–H groups in total. The molecule has 0 unspecified atom stereocenters. The van der Waals surface area contributed by atoms with Crippen LogP contribution in [0.1, 0.15) is 17.5 Å². The number of rotatable bonds is 6. The summed E-state index contributed by atoms with van der Waals surface area (Å²) in [7, 11) is -1.94. The molecule has 2 aliphatic rings. The minimum Gasteiger partial charge on any atom is -0.495 e.